The summed E-state index contributed by atoms with van der Waals surface area (Å²) in [4.78, 5) is 0. The topological polar surface area (TPSA) is 9.23 Å². The Morgan fingerprint density at radius 2 is 1.38 bits per heavy atom. The van der Waals surface area contributed by atoms with Crippen LogP contribution in [0.5, 0.6) is 11.5 Å². The maximum Gasteiger partial charge on any atom is 0.416 e. The third-order valence-electron chi connectivity index (χ3n) is 7.94. The molecule has 0 atom stereocenters. The number of benzene rings is 2. The lowest BCUT2D eigenvalue weighted by Crippen LogP contribution is -2.26. The minimum Gasteiger partial charge on any atom is -0.454 e. The summed E-state index contributed by atoms with van der Waals surface area (Å²) in [5.74, 6) is 0.621. The molecular weight excluding hydrogens is 447 g/mol. The van der Waals surface area contributed by atoms with Crippen LogP contribution >= 0.6 is 0 Å². The fourth-order valence-electron chi connectivity index (χ4n) is 6.08. The van der Waals surface area contributed by atoms with E-state index in [4.69, 9.17) is 4.74 Å². The molecule has 0 radical (unpaired) electrons. The van der Waals surface area contributed by atoms with Crippen LogP contribution in [-0.2, 0) is 6.18 Å². The van der Waals surface area contributed by atoms with Gasteiger partial charge in [0.15, 0.2) is 11.6 Å². The van der Waals surface area contributed by atoms with Crippen LogP contribution in [0.2, 0.25) is 0 Å². The van der Waals surface area contributed by atoms with Crippen LogP contribution < -0.4 is 4.74 Å². The van der Waals surface area contributed by atoms with E-state index in [1.165, 1.54) is 50.7 Å². The second-order valence-corrected chi connectivity index (χ2v) is 10.1. The van der Waals surface area contributed by atoms with Gasteiger partial charge in [0, 0.05) is 5.56 Å². The number of halogens is 5. The average molecular weight is 481 g/mol. The number of hydrogen-bond donors (Lipinski definition) is 0. The molecule has 4 rings (SSSR count). The zero-order chi connectivity index (χ0) is 24.3. The molecule has 186 valence electrons. The second kappa shape index (κ2) is 10.7. The third-order valence-corrected chi connectivity index (χ3v) is 7.94. The first-order chi connectivity index (χ1) is 16.3. The van der Waals surface area contributed by atoms with Crippen molar-refractivity contribution in [3.05, 3.63) is 59.2 Å². The van der Waals surface area contributed by atoms with Crippen LogP contribution in [0.4, 0.5) is 22.0 Å². The van der Waals surface area contributed by atoms with Gasteiger partial charge in [0.05, 0.1) is 5.56 Å². The van der Waals surface area contributed by atoms with Gasteiger partial charge in [0.2, 0.25) is 0 Å². The fraction of sp³-hybridized carbons (Fsp3) is 0.571. The van der Waals surface area contributed by atoms with Crippen LogP contribution in [0, 0.1) is 29.4 Å². The largest absolute Gasteiger partial charge is 0.454 e. The molecule has 0 spiro atoms. The molecule has 2 saturated carbocycles. The van der Waals surface area contributed by atoms with E-state index in [2.05, 4.69) is 6.92 Å². The highest BCUT2D eigenvalue weighted by Crippen LogP contribution is 2.46. The molecule has 2 aliphatic rings. The molecule has 1 nitrogen and oxygen atoms in total. The highest BCUT2D eigenvalue weighted by molar-refractivity contribution is 5.39. The van der Waals surface area contributed by atoms with Gasteiger partial charge in [0.1, 0.15) is 11.6 Å². The molecule has 0 aromatic heterocycles. The number of rotatable bonds is 6. The van der Waals surface area contributed by atoms with E-state index in [1.54, 1.807) is 0 Å². The van der Waals surface area contributed by atoms with Gasteiger partial charge in [-0.15, -0.1) is 0 Å². The van der Waals surface area contributed by atoms with E-state index in [1.807, 2.05) is 0 Å². The predicted octanol–water partition coefficient (Wildman–Crippen LogP) is 9.66. The Morgan fingerprint density at radius 1 is 0.794 bits per heavy atom. The van der Waals surface area contributed by atoms with Gasteiger partial charge in [-0.3, -0.25) is 0 Å². The molecule has 0 amide bonds. The van der Waals surface area contributed by atoms with Gasteiger partial charge in [0.25, 0.3) is 0 Å². The van der Waals surface area contributed by atoms with E-state index >= 15 is 4.39 Å². The quantitative estimate of drug-likeness (QED) is 0.374. The lowest BCUT2D eigenvalue weighted by atomic mass is 9.68. The first-order valence-corrected chi connectivity index (χ1v) is 12.6. The van der Waals surface area contributed by atoms with E-state index in [0.717, 1.165) is 61.8 Å². The zero-order valence-corrected chi connectivity index (χ0v) is 19.6. The Kier molecular flexibility index (Phi) is 7.83. The van der Waals surface area contributed by atoms with E-state index in [-0.39, 0.29) is 23.0 Å². The van der Waals surface area contributed by atoms with Crippen molar-refractivity contribution in [3.63, 3.8) is 0 Å². The minimum absolute atomic E-state index is 0.0505. The lowest BCUT2D eigenvalue weighted by Gasteiger charge is -2.38. The summed E-state index contributed by atoms with van der Waals surface area (Å²) in [5, 5.41) is 0. The van der Waals surface area contributed by atoms with E-state index in [9.17, 15) is 17.6 Å². The minimum atomic E-state index is -4.46. The molecule has 0 aliphatic heterocycles. The van der Waals surface area contributed by atoms with E-state index in [0.29, 0.717) is 5.92 Å². The molecule has 0 bridgehead atoms. The van der Waals surface area contributed by atoms with Gasteiger partial charge in [-0.1, -0.05) is 32.6 Å². The number of alkyl halides is 3. The van der Waals surface area contributed by atoms with Gasteiger partial charge in [-0.2, -0.15) is 13.2 Å². The van der Waals surface area contributed by atoms with Crippen LogP contribution in [0.1, 0.15) is 88.2 Å². The Bertz CT molecular complexity index is 937. The Hall–Kier alpha value is -2.11. The summed E-state index contributed by atoms with van der Waals surface area (Å²) < 4.78 is 73.8. The highest BCUT2D eigenvalue weighted by atomic mass is 19.4. The SMILES string of the molecule is CCCC1CCC(C2CCC(c3c(F)ccc(Oc4ccc(C(F)(F)F)cc4)c3F)CC2)CC1. The molecule has 0 unspecified atom stereocenters. The molecule has 2 aromatic carbocycles. The molecule has 0 heterocycles. The zero-order valence-electron chi connectivity index (χ0n) is 19.6. The molecular formula is C28H33F5O. The molecule has 34 heavy (non-hydrogen) atoms. The molecule has 0 saturated heterocycles. The van der Waals surface area contributed by atoms with Gasteiger partial charge in [-0.05, 0) is 98.6 Å². The van der Waals surface area contributed by atoms with Gasteiger partial charge >= 0.3 is 6.18 Å². The summed E-state index contributed by atoms with van der Waals surface area (Å²) in [6.45, 7) is 2.25. The summed E-state index contributed by atoms with van der Waals surface area (Å²) >= 11 is 0. The molecule has 2 aromatic rings. The first-order valence-electron chi connectivity index (χ1n) is 12.6. The van der Waals surface area contributed by atoms with Crippen molar-refractivity contribution in [1.82, 2.24) is 0 Å². The van der Waals surface area contributed by atoms with Gasteiger partial charge < -0.3 is 4.74 Å². The van der Waals surface area contributed by atoms with Crippen molar-refractivity contribution >= 4 is 0 Å². The smallest absolute Gasteiger partial charge is 0.416 e. The Labute approximate surface area is 198 Å². The first kappa shape index (κ1) is 25.0. The van der Waals surface area contributed by atoms with Crippen LogP contribution in [0.15, 0.2) is 36.4 Å². The molecule has 0 N–H and O–H groups in total. The van der Waals surface area contributed by atoms with Crippen LogP contribution in [0.25, 0.3) is 0 Å². The molecule has 2 fully saturated rings. The third kappa shape index (κ3) is 5.75. The fourth-order valence-corrected chi connectivity index (χ4v) is 6.08. The van der Waals surface area contributed by atoms with Crippen molar-refractivity contribution in [2.24, 2.45) is 17.8 Å². The average Bonchev–Trinajstić information content (AvgIpc) is 2.82. The summed E-state index contributed by atoms with van der Waals surface area (Å²) in [6, 6.07) is 6.45. The Morgan fingerprint density at radius 3 is 1.94 bits per heavy atom. The normalized spacial score (nSPS) is 25.8. The maximum absolute atomic E-state index is 15.3. The molecule has 2 aliphatic carbocycles. The Balaban J connectivity index is 1.40. The van der Waals surface area contributed by atoms with Crippen LogP contribution in [-0.4, -0.2) is 0 Å². The van der Waals surface area contributed by atoms with Crippen molar-refractivity contribution in [3.8, 4) is 11.5 Å². The monoisotopic (exact) mass is 480 g/mol. The summed E-state index contributed by atoms with van der Waals surface area (Å²) in [5.41, 5.74) is -0.759. The standard InChI is InChI=1S/C28H33F5O/c1-2-3-18-4-6-19(7-5-18)20-8-10-21(11-9-20)26-24(29)16-17-25(27(26)30)34-23-14-12-22(13-15-23)28(31,32)33/h12-21H,2-11H2,1H3. The highest BCUT2D eigenvalue weighted by Gasteiger charge is 2.34. The molecule has 6 heteroatoms. The van der Waals surface area contributed by atoms with Crippen LogP contribution in [0.3, 0.4) is 0 Å². The maximum atomic E-state index is 15.3. The summed E-state index contributed by atoms with van der Waals surface area (Å²) in [6.07, 6.45) is 6.75. The lowest BCUT2D eigenvalue weighted by molar-refractivity contribution is -0.137. The second-order valence-electron chi connectivity index (χ2n) is 10.1. The number of hydrogen-bond acceptors (Lipinski definition) is 1. The summed E-state index contributed by atoms with van der Waals surface area (Å²) in [7, 11) is 0. The number of ether oxygens (including phenoxy) is 1. The van der Waals surface area contributed by atoms with Crippen molar-refractivity contribution in [2.45, 2.75) is 83.2 Å². The van der Waals surface area contributed by atoms with Crippen molar-refractivity contribution < 1.29 is 26.7 Å². The van der Waals surface area contributed by atoms with E-state index < -0.39 is 23.4 Å². The van der Waals surface area contributed by atoms with Gasteiger partial charge in [-0.25, -0.2) is 8.78 Å². The predicted molar refractivity (Wildman–Crippen MR) is 123 cm³/mol. The van der Waals surface area contributed by atoms with Crippen molar-refractivity contribution in [2.75, 3.05) is 0 Å². The van der Waals surface area contributed by atoms with Crippen molar-refractivity contribution in [1.29, 1.82) is 0 Å².